The number of nitrogens with zero attached hydrogens (tertiary/aromatic N) is 1. The molecule has 0 saturated heterocycles. The van der Waals surface area contributed by atoms with Crippen LogP contribution in [0.4, 0.5) is 5.69 Å². The van der Waals surface area contributed by atoms with Crippen molar-refractivity contribution < 1.29 is 19.5 Å². The van der Waals surface area contributed by atoms with E-state index < -0.39 is 24.0 Å². The van der Waals surface area contributed by atoms with E-state index in [1.165, 1.54) is 11.8 Å². The Balaban J connectivity index is 2.76. The molecule has 0 spiro atoms. The van der Waals surface area contributed by atoms with E-state index in [4.69, 9.17) is 23.2 Å². The first-order valence-electron chi connectivity index (χ1n) is 10.5. The first-order chi connectivity index (χ1) is 15.2. The van der Waals surface area contributed by atoms with E-state index in [2.05, 4.69) is 15.5 Å². The summed E-state index contributed by atoms with van der Waals surface area (Å²) in [4.78, 5) is 38.8. The SMILES string of the molecule is CSCC[C@@H](NC(=O)[C@H](NC(=O)Cc1ccc(N(CCCl)CCCl)cc1)C(C)C)C(=O)O. The number of halogens is 2. The molecule has 0 unspecified atom stereocenters. The largest absolute Gasteiger partial charge is 0.480 e. The van der Waals surface area contributed by atoms with Crippen LogP contribution in [0.3, 0.4) is 0 Å². The van der Waals surface area contributed by atoms with Crippen molar-refractivity contribution in [1.82, 2.24) is 10.6 Å². The molecule has 2 atom stereocenters. The fourth-order valence-electron chi connectivity index (χ4n) is 3.10. The molecule has 0 aromatic heterocycles. The number of rotatable bonds is 15. The minimum atomic E-state index is -1.08. The summed E-state index contributed by atoms with van der Waals surface area (Å²) in [6.45, 7) is 4.96. The highest BCUT2D eigenvalue weighted by Crippen LogP contribution is 2.16. The molecule has 1 aromatic rings. The van der Waals surface area contributed by atoms with E-state index in [1.54, 1.807) is 13.8 Å². The van der Waals surface area contributed by atoms with Gasteiger partial charge in [0, 0.05) is 30.5 Å². The number of benzene rings is 1. The summed E-state index contributed by atoms with van der Waals surface area (Å²) < 4.78 is 0. The highest BCUT2D eigenvalue weighted by molar-refractivity contribution is 7.98. The molecule has 0 radical (unpaired) electrons. The van der Waals surface area contributed by atoms with E-state index in [1.807, 2.05) is 30.5 Å². The van der Waals surface area contributed by atoms with Gasteiger partial charge in [-0.3, -0.25) is 9.59 Å². The molecule has 7 nitrogen and oxygen atoms in total. The molecule has 32 heavy (non-hydrogen) atoms. The van der Waals surface area contributed by atoms with Crippen LogP contribution in [-0.4, -0.2) is 71.8 Å². The van der Waals surface area contributed by atoms with Crippen LogP contribution in [0, 0.1) is 5.92 Å². The number of anilines is 1. The maximum Gasteiger partial charge on any atom is 0.326 e. The van der Waals surface area contributed by atoms with E-state index in [-0.39, 0.29) is 18.2 Å². The second-order valence-electron chi connectivity index (χ2n) is 7.68. The molecule has 0 heterocycles. The van der Waals surface area contributed by atoms with E-state index >= 15 is 0 Å². The van der Waals surface area contributed by atoms with Gasteiger partial charge in [-0.2, -0.15) is 11.8 Å². The zero-order valence-corrected chi connectivity index (χ0v) is 21.1. The van der Waals surface area contributed by atoms with Gasteiger partial charge in [0.15, 0.2) is 0 Å². The number of alkyl halides is 2. The fraction of sp³-hybridized carbons (Fsp3) is 0.591. The number of hydrogen-bond acceptors (Lipinski definition) is 5. The van der Waals surface area contributed by atoms with Gasteiger partial charge in [0.2, 0.25) is 11.8 Å². The van der Waals surface area contributed by atoms with Crippen molar-refractivity contribution in [2.45, 2.75) is 38.8 Å². The smallest absolute Gasteiger partial charge is 0.326 e. The topological polar surface area (TPSA) is 98.7 Å². The summed E-state index contributed by atoms with van der Waals surface area (Å²) in [6, 6.07) is 5.75. The van der Waals surface area contributed by atoms with Crippen LogP contribution in [0.25, 0.3) is 0 Å². The number of carbonyl (C=O) groups excluding carboxylic acids is 2. The molecule has 10 heteroatoms. The first kappa shape index (κ1) is 28.4. The van der Waals surface area contributed by atoms with Gasteiger partial charge in [0.25, 0.3) is 0 Å². The third-order valence-corrected chi connectivity index (χ3v) is 5.85. The molecule has 0 fully saturated rings. The lowest BCUT2D eigenvalue weighted by molar-refractivity contribution is -0.142. The summed E-state index contributed by atoms with van der Waals surface area (Å²) in [6.07, 6.45) is 2.30. The Kier molecular flexibility index (Phi) is 13.5. The molecule has 0 aliphatic heterocycles. The number of amides is 2. The number of nitrogens with one attached hydrogen (secondary N) is 2. The van der Waals surface area contributed by atoms with Crippen LogP contribution < -0.4 is 15.5 Å². The summed E-state index contributed by atoms with van der Waals surface area (Å²) in [7, 11) is 0. The van der Waals surface area contributed by atoms with Crippen LogP contribution in [-0.2, 0) is 20.8 Å². The molecular formula is C22H33Cl2N3O4S. The Hall–Kier alpha value is -1.64. The van der Waals surface area contributed by atoms with Crippen LogP contribution in [0.5, 0.6) is 0 Å². The van der Waals surface area contributed by atoms with Gasteiger partial charge in [0.1, 0.15) is 12.1 Å². The van der Waals surface area contributed by atoms with Crippen molar-refractivity contribution in [3.63, 3.8) is 0 Å². The molecule has 1 rings (SSSR count). The van der Waals surface area contributed by atoms with Gasteiger partial charge in [0.05, 0.1) is 6.42 Å². The quantitative estimate of drug-likeness (QED) is 0.317. The maximum atomic E-state index is 12.7. The van der Waals surface area contributed by atoms with Crippen LogP contribution in [0.15, 0.2) is 24.3 Å². The number of aliphatic carboxylic acids is 1. The molecule has 3 N–H and O–H groups in total. The number of thioether (sulfide) groups is 1. The van der Waals surface area contributed by atoms with E-state index in [0.29, 0.717) is 37.0 Å². The number of carboxylic acid groups (broad SMARTS) is 1. The normalized spacial score (nSPS) is 12.8. The molecule has 180 valence electrons. The molecule has 1 aromatic carbocycles. The number of carboxylic acids is 1. The predicted molar refractivity (Wildman–Crippen MR) is 133 cm³/mol. The average Bonchev–Trinajstić information content (AvgIpc) is 2.74. The van der Waals surface area contributed by atoms with Gasteiger partial charge in [-0.1, -0.05) is 26.0 Å². The van der Waals surface area contributed by atoms with Crippen molar-refractivity contribution >= 4 is 58.4 Å². The zero-order chi connectivity index (χ0) is 24.1. The van der Waals surface area contributed by atoms with Crippen LogP contribution in [0.1, 0.15) is 25.8 Å². The Morgan fingerprint density at radius 3 is 2.12 bits per heavy atom. The molecular weight excluding hydrogens is 473 g/mol. The van der Waals surface area contributed by atoms with Crippen molar-refractivity contribution in [1.29, 1.82) is 0 Å². The lowest BCUT2D eigenvalue weighted by Crippen LogP contribution is -2.54. The van der Waals surface area contributed by atoms with E-state index in [0.717, 1.165) is 11.3 Å². The third kappa shape index (κ3) is 9.88. The Bertz CT molecular complexity index is 728. The third-order valence-electron chi connectivity index (χ3n) is 4.87. The minimum Gasteiger partial charge on any atom is -0.480 e. The molecule has 0 saturated carbocycles. The van der Waals surface area contributed by atoms with Gasteiger partial charge in [-0.15, -0.1) is 23.2 Å². The average molecular weight is 506 g/mol. The molecule has 2 amide bonds. The minimum absolute atomic E-state index is 0.108. The van der Waals surface area contributed by atoms with Gasteiger partial charge >= 0.3 is 5.97 Å². The predicted octanol–water partition coefficient (Wildman–Crippen LogP) is 2.98. The molecule has 0 aliphatic carbocycles. The standard InChI is InChI=1S/C22H33Cl2N3O4S/c1-15(2)20(21(29)25-18(22(30)31)8-13-32-3)26-19(28)14-16-4-6-17(7-5-16)27(11-9-23)12-10-24/h4-7,15,18,20H,8-14H2,1-3H3,(H,25,29)(H,26,28)(H,30,31)/t18-,20-/m1/s1. The first-order valence-corrected chi connectivity index (χ1v) is 13.0. The number of carbonyl (C=O) groups is 3. The Morgan fingerprint density at radius 2 is 1.66 bits per heavy atom. The summed E-state index contributed by atoms with van der Waals surface area (Å²) in [5.74, 6) is -0.496. The molecule has 0 bridgehead atoms. The highest BCUT2D eigenvalue weighted by atomic mass is 35.5. The lowest BCUT2D eigenvalue weighted by Gasteiger charge is -2.24. The summed E-state index contributed by atoms with van der Waals surface area (Å²) in [5.41, 5.74) is 1.77. The summed E-state index contributed by atoms with van der Waals surface area (Å²) >= 11 is 13.2. The summed E-state index contributed by atoms with van der Waals surface area (Å²) in [5, 5.41) is 14.6. The van der Waals surface area contributed by atoms with Gasteiger partial charge in [-0.05, 0) is 42.0 Å². The fourth-order valence-corrected chi connectivity index (χ4v) is 3.98. The van der Waals surface area contributed by atoms with Crippen molar-refractivity contribution in [2.24, 2.45) is 5.92 Å². The number of hydrogen-bond donors (Lipinski definition) is 3. The van der Waals surface area contributed by atoms with Crippen molar-refractivity contribution in [3.8, 4) is 0 Å². The van der Waals surface area contributed by atoms with Crippen molar-refractivity contribution in [2.75, 3.05) is 41.8 Å². The lowest BCUT2D eigenvalue weighted by atomic mass is 10.0. The van der Waals surface area contributed by atoms with Crippen LogP contribution in [0.2, 0.25) is 0 Å². The van der Waals surface area contributed by atoms with Crippen LogP contribution >= 0.6 is 35.0 Å². The molecule has 0 aliphatic rings. The van der Waals surface area contributed by atoms with Crippen molar-refractivity contribution in [3.05, 3.63) is 29.8 Å². The van der Waals surface area contributed by atoms with Gasteiger partial charge in [-0.25, -0.2) is 4.79 Å². The van der Waals surface area contributed by atoms with E-state index in [9.17, 15) is 19.5 Å². The maximum absolute atomic E-state index is 12.7. The second kappa shape index (κ2) is 15.2. The monoisotopic (exact) mass is 505 g/mol. The van der Waals surface area contributed by atoms with Gasteiger partial charge < -0.3 is 20.6 Å². The second-order valence-corrected chi connectivity index (χ2v) is 9.42. The zero-order valence-electron chi connectivity index (χ0n) is 18.8. The Labute approximate surface area is 204 Å². The Morgan fingerprint density at radius 1 is 1.06 bits per heavy atom. The highest BCUT2D eigenvalue weighted by Gasteiger charge is 2.28.